The van der Waals surface area contributed by atoms with E-state index in [1.54, 1.807) is 6.20 Å². The molecule has 3 nitrogen and oxygen atoms in total. The molecule has 0 bridgehead atoms. The van der Waals surface area contributed by atoms with Crippen LogP contribution < -0.4 is 4.74 Å². The minimum Gasteiger partial charge on any atom is -0.665 e. The van der Waals surface area contributed by atoms with Crippen molar-refractivity contribution in [2.75, 3.05) is 6.54 Å². The summed E-state index contributed by atoms with van der Waals surface area (Å²) < 4.78 is 5.19. The average molecular weight is 593 g/mol. The molecule has 0 saturated heterocycles. The molecule has 0 saturated carbocycles. The summed E-state index contributed by atoms with van der Waals surface area (Å²) in [6, 6.07) is 21.0. The third kappa shape index (κ3) is 9.59. The van der Waals surface area contributed by atoms with E-state index in [-0.39, 0.29) is 20.1 Å². The fraction of sp³-hybridized carbons (Fsp3) is 0.296. The van der Waals surface area contributed by atoms with E-state index in [2.05, 4.69) is 49.1 Å². The molecule has 1 aromatic heterocycles. The monoisotopic (exact) mass is 593 g/mol. The molecule has 0 amide bonds. The molecule has 0 N–H and O–H groups in total. The Morgan fingerprint density at radius 3 is 2.52 bits per heavy atom. The standard InChI is InChI=1S/C16H24NO.C11H8N.Ir/c1-5-6-7-8-9-17-12-15-11-13(2)10-14(3)16(15)18-4;1-2-6-10(7-3-1)11-8-4-5-9-12-11;/h10-12H,4-9H2,1-3H3;1-6,8-9H;/q2*-1;. The number of benzene rings is 2. The van der Waals surface area contributed by atoms with Gasteiger partial charge in [-0.3, -0.25) is 4.99 Å². The molecule has 0 atom stereocenters. The van der Waals surface area contributed by atoms with Crippen LogP contribution in [0.5, 0.6) is 5.75 Å². The molecule has 3 aromatic rings. The maximum Gasteiger partial charge on any atom is 0.0963 e. The Labute approximate surface area is 201 Å². The number of ether oxygens (including phenoxy) is 1. The van der Waals surface area contributed by atoms with Gasteiger partial charge < -0.3 is 9.72 Å². The zero-order valence-electron chi connectivity index (χ0n) is 18.7. The van der Waals surface area contributed by atoms with Gasteiger partial charge in [0.15, 0.2) is 0 Å². The van der Waals surface area contributed by atoms with Crippen molar-refractivity contribution in [2.45, 2.75) is 46.5 Å². The summed E-state index contributed by atoms with van der Waals surface area (Å²) >= 11 is 0. The molecule has 4 heteroatoms. The van der Waals surface area contributed by atoms with Gasteiger partial charge >= 0.3 is 0 Å². The SMILES string of the molecule is [CH2-]Oc1c(C)cc(C)cc1C=NCCCCCC.[Ir].[c-]1ccccc1-c1ccccn1. The molecule has 0 spiro atoms. The summed E-state index contributed by atoms with van der Waals surface area (Å²) in [6.45, 7) is 7.23. The van der Waals surface area contributed by atoms with E-state index in [4.69, 9.17) is 4.74 Å². The third-order valence-electron chi connectivity index (χ3n) is 4.61. The van der Waals surface area contributed by atoms with Crippen LogP contribution in [0, 0.1) is 27.0 Å². The van der Waals surface area contributed by atoms with Crippen LogP contribution in [0.15, 0.2) is 65.8 Å². The number of aromatic nitrogens is 1. The Morgan fingerprint density at radius 1 is 1.06 bits per heavy atom. The first-order chi connectivity index (χ1) is 14.7. The summed E-state index contributed by atoms with van der Waals surface area (Å²) in [7, 11) is 3.51. The van der Waals surface area contributed by atoms with Crippen LogP contribution in [0.4, 0.5) is 0 Å². The second kappa shape index (κ2) is 15.5. The summed E-state index contributed by atoms with van der Waals surface area (Å²) in [4.78, 5) is 8.69. The Morgan fingerprint density at radius 2 is 1.87 bits per heavy atom. The van der Waals surface area contributed by atoms with E-state index in [0.29, 0.717) is 0 Å². The Bertz CT molecular complexity index is 858. The molecule has 2 aromatic carbocycles. The van der Waals surface area contributed by atoms with Gasteiger partial charge in [-0.15, -0.1) is 35.9 Å². The van der Waals surface area contributed by atoms with Gasteiger partial charge in [-0.25, -0.2) is 0 Å². The summed E-state index contributed by atoms with van der Waals surface area (Å²) in [5.41, 5.74) is 5.37. The van der Waals surface area contributed by atoms with E-state index >= 15 is 0 Å². The number of pyridine rings is 1. The van der Waals surface area contributed by atoms with Crippen molar-refractivity contribution in [3.63, 3.8) is 0 Å². The number of unbranched alkanes of at least 4 members (excludes halogenated alkanes) is 3. The predicted molar refractivity (Wildman–Crippen MR) is 127 cm³/mol. The van der Waals surface area contributed by atoms with Crippen LogP contribution in [0.2, 0.25) is 0 Å². The second-order valence-corrected chi connectivity index (χ2v) is 7.23. The van der Waals surface area contributed by atoms with Crippen LogP contribution in [-0.2, 0) is 20.1 Å². The number of rotatable bonds is 8. The quantitative estimate of drug-likeness (QED) is 0.160. The fourth-order valence-electron chi connectivity index (χ4n) is 3.15. The smallest absolute Gasteiger partial charge is 0.0963 e. The Balaban J connectivity index is 0.000000321. The van der Waals surface area contributed by atoms with Crippen LogP contribution in [0.1, 0.15) is 49.3 Å². The zero-order chi connectivity index (χ0) is 21.6. The molecule has 0 aliphatic rings. The molecule has 31 heavy (non-hydrogen) atoms. The van der Waals surface area contributed by atoms with Crippen molar-refractivity contribution >= 4 is 6.21 Å². The van der Waals surface area contributed by atoms with Crippen LogP contribution in [0.3, 0.4) is 0 Å². The Hall–Kier alpha value is -2.29. The van der Waals surface area contributed by atoms with Crippen LogP contribution >= 0.6 is 0 Å². The van der Waals surface area contributed by atoms with Gasteiger partial charge in [0.2, 0.25) is 0 Å². The third-order valence-corrected chi connectivity index (χ3v) is 4.61. The first-order valence-electron chi connectivity index (χ1n) is 10.6. The van der Waals surface area contributed by atoms with Crippen molar-refractivity contribution in [3.05, 3.63) is 90.7 Å². The molecule has 0 fully saturated rings. The zero-order valence-corrected chi connectivity index (χ0v) is 21.1. The van der Waals surface area contributed by atoms with Gasteiger partial charge in [0, 0.05) is 44.6 Å². The molecule has 0 aliphatic heterocycles. The topological polar surface area (TPSA) is 34.5 Å². The molecule has 0 unspecified atom stereocenters. The maximum atomic E-state index is 5.19. The average Bonchev–Trinajstić information content (AvgIpc) is 2.77. The van der Waals surface area contributed by atoms with E-state index < -0.39 is 0 Å². The van der Waals surface area contributed by atoms with Gasteiger partial charge in [0.05, 0.1) is 5.75 Å². The molecular formula is C27H32IrN2O-2. The van der Waals surface area contributed by atoms with Gasteiger partial charge in [-0.05, 0) is 49.2 Å². The fourth-order valence-corrected chi connectivity index (χ4v) is 3.15. The normalized spacial score (nSPS) is 10.2. The minimum absolute atomic E-state index is 0. The van der Waals surface area contributed by atoms with Crippen molar-refractivity contribution in [1.82, 2.24) is 4.98 Å². The first kappa shape index (κ1) is 26.7. The van der Waals surface area contributed by atoms with Crippen molar-refractivity contribution in [1.29, 1.82) is 0 Å². The number of aryl methyl sites for hydroxylation is 2. The number of aliphatic imine (C=N–C) groups is 1. The van der Waals surface area contributed by atoms with Crippen LogP contribution in [0.25, 0.3) is 11.3 Å². The second-order valence-electron chi connectivity index (χ2n) is 7.23. The van der Waals surface area contributed by atoms with Crippen molar-refractivity contribution < 1.29 is 24.8 Å². The number of hydrogen-bond donors (Lipinski definition) is 0. The number of hydrogen-bond acceptors (Lipinski definition) is 3. The molecule has 1 radical (unpaired) electrons. The minimum atomic E-state index is 0. The van der Waals surface area contributed by atoms with Crippen molar-refractivity contribution in [3.8, 4) is 17.0 Å². The van der Waals surface area contributed by atoms with E-state index in [1.165, 1.54) is 24.8 Å². The summed E-state index contributed by atoms with van der Waals surface area (Å²) in [6.07, 6.45) is 8.68. The van der Waals surface area contributed by atoms with Gasteiger partial charge in [0.1, 0.15) is 0 Å². The molecular weight excluding hydrogens is 561 g/mol. The predicted octanol–water partition coefficient (Wildman–Crippen LogP) is 7.02. The van der Waals surface area contributed by atoms with Crippen LogP contribution in [-0.4, -0.2) is 17.7 Å². The molecule has 1 heterocycles. The maximum absolute atomic E-state index is 5.19. The number of nitrogens with zero attached hydrogens (tertiary/aromatic N) is 2. The van der Waals surface area contributed by atoms with Gasteiger partial charge in [0.25, 0.3) is 0 Å². The first-order valence-corrected chi connectivity index (χ1v) is 10.6. The molecule has 3 rings (SSSR count). The summed E-state index contributed by atoms with van der Waals surface area (Å²) in [5.74, 6) is 0.831. The molecule has 167 valence electrons. The van der Waals surface area contributed by atoms with E-state index in [9.17, 15) is 0 Å². The van der Waals surface area contributed by atoms with E-state index in [1.807, 2.05) is 55.6 Å². The molecule has 0 aliphatic carbocycles. The largest absolute Gasteiger partial charge is 0.665 e. The van der Waals surface area contributed by atoms with Gasteiger partial charge in [-0.1, -0.05) is 44.4 Å². The Kier molecular flexibility index (Phi) is 13.4. The summed E-state index contributed by atoms with van der Waals surface area (Å²) in [5, 5.41) is 0. The van der Waals surface area contributed by atoms with E-state index in [0.717, 1.165) is 41.1 Å². The van der Waals surface area contributed by atoms with Crippen molar-refractivity contribution in [2.24, 2.45) is 4.99 Å². The van der Waals surface area contributed by atoms with Gasteiger partial charge in [-0.2, -0.15) is 7.11 Å².